The van der Waals surface area contributed by atoms with Gasteiger partial charge in [0.05, 0.1) is 12.8 Å². The maximum absolute atomic E-state index is 5.23. The van der Waals surface area contributed by atoms with E-state index in [1.165, 1.54) is 31.5 Å². The Morgan fingerprint density at radius 1 is 1.28 bits per heavy atom. The SMILES string of the molecule is COc1ccc(CCN2CCCC(CN(C)Cc3ccon3)C2)cc1. The molecule has 0 N–H and O–H groups in total. The number of hydrogen-bond donors (Lipinski definition) is 0. The maximum atomic E-state index is 5.23. The summed E-state index contributed by atoms with van der Waals surface area (Å²) in [5.41, 5.74) is 2.39. The van der Waals surface area contributed by atoms with Crippen molar-refractivity contribution < 1.29 is 9.26 Å². The highest BCUT2D eigenvalue weighted by molar-refractivity contribution is 5.27. The molecule has 2 heterocycles. The van der Waals surface area contributed by atoms with Gasteiger partial charge in [-0.05, 0) is 56.5 Å². The molecule has 1 fully saturated rings. The fraction of sp³-hybridized carbons (Fsp3) is 0.550. The first-order valence-electron chi connectivity index (χ1n) is 9.16. The van der Waals surface area contributed by atoms with Gasteiger partial charge in [-0.2, -0.15) is 0 Å². The van der Waals surface area contributed by atoms with E-state index in [0.29, 0.717) is 0 Å². The Hall–Kier alpha value is -1.85. The highest BCUT2D eigenvalue weighted by Gasteiger charge is 2.21. The average Bonchev–Trinajstić information content (AvgIpc) is 3.13. The van der Waals surface area contributed by atoms with Crippen LogP contribution in [0, 0.1) is 5.92 Å². The number of likely N-dealkylation sites (tertiary alicyclic amines) is 1. The number of piperidine rings is 1. The third-order valence-electron chi connectivity index (χ3n) is 4.97. The molecule has 136 valence electrons. The van der Waals surface area contributed by atoms with Crippen molar-refractivity contribution in [3.63, 3.8) is 0 Å². The second-order valence-corrected chi connectivity index (χ2v) is 7.09. The third-order valence-corrected chi connectivity index (χ3v) is 4.97. The van der Waals surface area contributed by atoms with Gasteiger partial charge in [-0.15, -0.1) is 0 Å². The molecule has 0 bridgehead atoms. The Morgan fingerprint density at radius 3 is 2.84 bits per heavy atom. The molecule has 1 aliphatic rings. The van der Waals surface area contributed by atoms with Gasteiger partial charge in [-0.3, -0.25) is 0 Å². The van der Waals surface area contributed by atoms with E-state index in [4.69, 9.17) is 9.26 Å². The van der Waals surface area contributed by atoms with Gasteiger partial charge < -0.3 is 19.1 Å². The first-order chi connectivity index (χ1) is 12.2. The molecular formula is C20H29N3O2. The van der Waals surface area contributed by atoms with Crippen LogP contribution in [0.4, 0.5) is 0 Å². The van der Waals surface area contributed by atoms with Crippen LogP contribution in [-0.4, -0.2) is 55.3 Å². The number of ether oxygens (including phenoxy) is 1. The number of methoxy groups -OCH3 is 1. The summed E-state index contributed by atoms with van der Waals surface area (Å²) in [7, 11) is 3.88. The van der Waals surface area contributed by atoms with Gasteiger partial charge >= 0.3 is 0 Å². The molecule has 3 rings (SSSR count). The summed E-state index contributed by atoms with van der Waals surface area (Å²) in [6, 6.07) is 10.4. The van der Waals surface area contributed by atoms with E-state index in [2.05, 4.69) is 34.1 Å². The van der Waals surface area contributed by atoms with Crippen LogP contribution in [-0.2, 0) is 13.0 Å². The molecule has 0 aliphatic carbocycles. The molecule has 0 radical (unpaired) electrons. The first kappa shape index (κ1) is 18.0. The fourth-order valence-electron chi connectivity index (χ4n) is 3.68. The minimum absolute atomic E-state index is 0.738. The fourth-order valence-corrected chi connectivity index (χ4v) is 3.68. The molecule has 1 atom stereocenters. The summed E-state index contributed by atoms with van der Waals surface area (Å²) in [4.78, 5) is 4.97. The Labute approximate surface area is 150 Å². The third kappa shape index (κ3) is 5.58. The van der Waals surface area contributed by atoms with E-state index in [9.17, 15) is 0 Å². The quantitative estimate of drug-likeness (QED) is 0.737. The van der Waals surface area contributed by atoms with Crippen molar-refractivity contribution in [2.45, 2.75) is 25.8 Å². The molecule has 1 aromatic carbocycles. The predicted molar refractivity (Wildman–Crippen MR) is 98.7 cm³/mol. The lowest BCUT2D eigenvalue weighted by atomic mass is 9.97. The predicted octanol–water partition coefficient (Wildman–Crippen LogP) is 3.07. The van der Waals surface area contributed by atoms with Gasteiger partial charge in [0, 0.05) is 32.2 Å². The van der Waals surface area contributed by atoms with Crippen molar-refractivity contribution in [1.82, 2.24) is 15.0 Å². The van der Waals surface area contributed by atoms with Crippen molar-refractivity contribution >= 4 is 0 Å². The zero-order valence-corrected chi connectivity index (χ0v) is 15.4. The molecule has 5 nitrogen and oxygen atoms in total. The molecule has 1 saturated heterocycles. The van der Waals surface area contributed by atoms with Gasteiger partial charge in [-0.25, -0.2) is 0 Å². The number of rotatable bonds is 8. The Balaban J connectivity index is 1.42. The highest BCUT2D eigenvalue weighted by Crippen LogP contribution is 2.19. The van der Waals surface area contributed by atoms with Crippen LogP contribution in [0.25, 0.3) is 0 Å². The molecule has 2 aromatic rings. The number of nitrogens with zero attached hydrogens (tertiary/aromatic N) is 3. The molecule has 5 heteroatoms. The number of benzene rings is 1. The molecule has 1 aliphatic heterocycles. The van der Waals surface area contributed by atoms with Crippen molar-refractivity contribution in [1.29, 1.82) is 0 Å². The minimum atomic E-state index is 0.738. The summed E-state index contributed by atoms with van der Waals surface area (Å²) in [5, 5.41) is 4.00. The molecule has 0 saturated carbocycles. The van der Waals surface area contributed by atoms with Crippen molar-refractivity contribution in [3.8, 4) is 5.75 Å². The first-order valence-corrected chi connectivity index (χ1v) is 9.16. The van der Waals surface area contributed by atoms with Gasteiger partial charge in [0.25, 0.3) is 0 Å². The van der Waals surface area contributed by atoms with Gasteiger partial charge in [0.15, 0.2) is 0 Å². The summed E-state index contributed by atoms with van der Waals surface area (Å²) >= 11 is 0. The lowest BCUT2D eigenvalue weighted by Gasteiger charge is -2.34. The Bertz CT molecular complexity index is 612. The van der Waals surface area contributed by atoms with Crippen molar-refractivity contribution in [3.05, 3.63) is 47.9 Å². The van der Waals surface area contributed by atoms with E-state index in [0.717, 1.165) is 43.4 Å². The van der Waals surface area contributed by atoms with Crippen LogP contribution in [0.5, 0.6) is 5.75 Å². The van der Waals surface area contributed by atoms with E-state index in [1.807, 2.05) is 18.2 Å². The molecular weight excluding hydrogens is 314 g/mol. The van der Waals surface area contributed by atoms with Crippen LogP contribution < -0.4 is 4.74 Å². The zero-order chi connectivity index (χ0) is 17.5. The minimum Gasteiger partial charge on any atom is -0.497 e. The lowest BCUT2D eigenvalue weighted by molar-refractivity contribution is 0.141. The molecule has 1 aromatic heterocycles. The van der Waals surface area contributed by atoms with Crippen molar-refractivity contribution in [2.75, 3.05) is 40.3 Å². The van der Waals surface area contributed by atoms with Crippen LogP contribution in [0.15, 0.2) is 41.1 Å². The molecule has 1 unspecified atom stereocenters. The average molecular weight is 343 g/mol. The summed E-state index contributed by atoms with van der Waals surface area (Å²) in [6.07, 6.45) is 5.36. The molecule has 0 amide bonds. The Kier molecular flexibility index (Phi) is 6.48. The summed E-state index contributed by atoms with van der Waals surface area (Å²) in [5.74, 6) is 1.67. The monoisotopic (exact) mass is 343 g/mol. The van der Waals surface area contributed by atoms with Crippen LogP contribution in [0.1, 0.15) is 24.1 Å². The van der Waals surface area contributed by atoms with Crippen molar-refractivity contribution in [2.24, 2.45) is 5.92 Å². The number of hydrogen-bond acceptors (Lipinski definition) is 5. The number of aromatic nitrogens is 1. The molecule has 25 heavy (non-hydrogen) atoms. The van der Waals surface area contributed by atoms with Gasteiger partial charge in [-0.1, -0.05) is 17.3 Å². The lowest BCUT2D eigenvalue weighted by Crippen LogP contribution is -2.40. The van der Waals surface area contributed by atoms with E-state index in [1.54, 1.807) is 13.4 Å². The normalized spacial score (nSPS) is 18.6. The second kappa shape index (κ2) is 9.02. The summed E-state index contributed by atoms with van der Waals surface area (Å²) < 4.78 is 10.1. The smallest absolute Gasteiger partial charge is 0.124 e. The second-order valence-electron chi connectivity index (χ2n) is 7.09. The van der Waals surface area contributed by atoms with E-state index < -0.39 is 0 Å². The van der Waals surface area contributed by atoms with Crippen LogP contribution in [0.3, 0.4) is 0 Å². The van der Waals surface area contributed by atoms with Gasteiger partial charge in [0.1, 0.15) is 12.0 Å². The topological polar surface area (TPSA) is 41.7 Å². The maximum Gasteiger partial charge on any atom is 0.124 e. The van der Waals surface area contributed by atoms with Crippen LogP contribution >= 0.6 is 0 Å². The van der Waals surface area contributed by atoms with E-state index in [-0.39, 0.29) is 0 Å². The van der Waals surface area contributed by atoms with E-state index >= 15 is 0 Å². The standard InChI is InChI=1S/C20H29N3O2/c1-22(16-19-10-13-25-21-19)14-18-4-3-11-23(15-18)12-9-17-5-7-20(24-2)8-6-17/h5-8,10,13,18H,3-4,9,11-12,14-16H2,1-2H3. The largest absolute Gasteiger partial charge is 0.497 e. The highest BCUT2D eigenvalue weighted by atomic mass is 16.5. The van der Waals surface area contributed by atoms with Gasteiger partial charge in [0.2, 0.25) is 0 Å². The Morgan fingerprint density at radius 2 is 2.12 bits per heavy atom. The molecule has 0 spiro atoms. The summed E-state index contributed by atoms with van der Waals surface area (Å²) in [6.45, 7) is 5.53. The van der Waals surface area contributed by atoms with Crippen LogP contribution in [0.2, 0.25) is 0 Å². The zero-order valence-electron chi connectivity index (χ0n) is 15.4.